The van der Waals surface area contributed by atoms with Crippen LogP contribution in [0.15, 0.2) is 0 Å². The molecule has 1 aliphatic carbocycles. The molecule has 1 saturated carbocycles. The Labute approximate surface area is 103 Å². The number of rotatable bonds is 0. The lowest BCUT2D eigenvalue weighted by Gasteiger charge is -2.37. The van der Waals surface area contributed by atoms with E-state index in [1.165, 1.54) is 6.42 Å². The molecule has 1 aliphatic heterocycles. The van der Waals surface area contributed by atoms with Crippen molar-refractivity contribution in [3.05, 3.63) is 0 Å². The molecule has 2 rings (SSSR count). The van der Waals surface area contributed by atoms with Gasteiger partial charge in [-0.15, -0.1) is 0 Å². The second kappa shape index (κ2) is 4.48. The molecule has 4 heteroatoms. The van der Waals surface area contributed by atoms with Gasteiger partial charge in [0.15, 0.2) is 0 Å². The van der Waals surface area contributed by atoms with Gasteiger partial charge in [0.25, 0.3) is 0 Å². The normalized spacial score (nSPS) is 33.4. The van der Waals surface area contributed by atoms with Crippen molar-refractivity contribution >= 4 is 6.09 Å². The van der Waals surface area contributed by atoms with Gasteiger partial charge in [0.05, 0.1) is 0 Å². The molecule has 0 aromatic rings. The minimum absolute atomic E-state index is 0.185. The Morgan fingerprint density at radius 2 is 2.00 bits per heavy atom. The number of nitrogens with zero attached hydrogens (tertiary/aromatic N) is 1. The number of hydrogen-bond acceptors (Lipinski definition) is 3. The Kier molecular flexibility index (Phi) is 3.34. The molecule has 98 valence electrons. The molecule has 0 bridgehead atoms. The molecule has 17 heavy (non-hydrogen) atoms. The van der Waals surface area contributed by atoms with Gasteiger partial charge < -0.3 is 15.4 Å². The maximum absolute atomic E-state index is 12.0. The van der Waals surface area contributed by atoms with E-state index >= 15 is 0 Å². The van der Waals surface area contributed by atoms with Crippen molar-refractivity contribution in [2.24, 2.45) is 17.6 Å². The lowest BCUT2D eigenvalue weighted by molar-refractivity contribution is 0.0119. The topological polar surface area (TPSA) is 55.6 Å². The number of nitrogens with two attached hydrogens (primary N) is 1. The van der Waals surface area contributed by atoms with Crippen LogP contribution in [0.1, 0.15) is 40.0 Å². The third-order valence-corrected chi connectivity index (χ3v) is 3.88. The number of likely N-dealkylation sites (tertiary alicyclic amines) is 1. The molecule has 0 spiro atoms. The SMILES string of the molecule is CC(C)(C)OC(=O)N1CCC2CCC(N)C2C1. The van der Waals surface area contributed by atoms with E-state index in [4.69, 9.17) is 10.5 Å². The van der Waals surface area contributed by atoms with Gasteiger partial charge in [-0.3, -0.25) is 0 Å². The van der Waals surface area contributed by atoms with Gasteiger partial charge in [-0.2, -0.15) is 0 Å². The highest BCUT2D eigenvalue weighted by Gasteiger charge is 2.40. The van der Waals surface area contributed by atoms with Crippen LogP contribution in [-0.2, 0) is 4.74 Å². The molecule has 1 saturated heterocycles. The number of carbonyl (C=O) groups excluding carboxylic acids is 1. The Morgan fingerprint density at radius 3 is 2.65 bits per heavy atom. The van der Waals surface area contributed by atoms with Gasteiger partial charge in [-0.25, -0.2) is 4.79 Å². The largest absolute Gasteiger partial charge is 0.444 e. The van der Waals surface area contributed by atoms with Crippen LogP contribution >= 0.6 is 0 Å². The smallest absolute Gasteiger partial charge is 0.410 e. The molecule has 2 aliphatic rings. The van der Waals surface area contributed by atoms with Gasteiger partial charge in [0.2, 0.25) is 0 Å². The van der Waals surface area contributed by atoms with Crippen molar-refractivity contribution in [3.63, 3.8) is 0 Å². The molecule has 0 radical (unpaired) electrons. The summed E-state index contributed by atoms with van der Waals surface area (Å²) < 4.78 is 5.41. The molecule has 1 heterocycles. The summed E-state index contributed by atoms with van der Waals surface area (Å²) >= 11 is 0. The summed E-state index contributed by atoms with van der Waals surface area (Å²) in [4.78, 5) is 13.8. The van der Waals surface area contributed by atoms with Gasteiger partial charge in [0, 0.05) is 19.1 Å². The van der Waals surface area contributed by atoms with E-state index in [1.807, 2.05) is 25.7 Å². The lowest BCUT2D eigenvalue weighted by Crippen LogP contribution is -2.48. The van der Waals surface area contributed by atoms with Gasteiger partial charge in [0.1, 0.15) is 5.60 Å². The van der Waals surface area contributed by atoms with E-state index in [0.717, 1.165) is 31.8 Å². The zero-order valence-corrected chi connectivity index (χ0v) is 11.1. The predicted octanol–water partition coefficient (Wildman–Crippen LogP) is 1.98. The van der Waals surface area contributed by atoms with Crippen LogP contribution in [0.3, 0.4) is 0 Å². The first-order valence-electron chi connectivity index (χ1n) is 6.60. The zero-order valence-electron chi connectivity index (χ0n) is 11.1. The van der Waals surface area contributed by atoms with Gasteiger partial charge in [-0.05, 0) is 51.9 Å². The number of piperidine rings is 1. The summed E-state index contributed by atoms with van der Waals surface area (Å²) in [5.74, 6) is 1.21. The fraction of sp³-hybridized carbons (Fsp3) is 0.923. The number of amides is 1. The second-order valence-corrected chi connectivity index (χ2v) is 6.38. The van der Waals surface area contributed by atoms with Crippen LogP contribution in [0.4, 0.5) is 4.79 Å². The van der Waals surface area contributed by atoms with Crippen molar-refractivity contribution < 1.29 is 9.53 Å². The van der Waals surface area contributed by atoms with E-state index in [1.54, 1.807) is 0 Å². The molecule has 1 amide bonds. The molecule has 2 fully saturated rings. The van der Waals surface area contributed by atoms with E-state index in [-0.39, 0.29) is 12.1 Å². The summed E-state index contributed by atoms with van der Waals surface area (Å²) in [7, 11) is 0. The summed E-state index contributed by atoms with van der Waals surface area (Å²) in [6, 6.07) is 0.269. The molecule has 3 unspecified atom stereocenters. The highest BCUT2D eigenvalue weighted by Crippen LogP contribution is 2.37. The molecule has 0 aromatic heterocycles. The maximum atomic E-state index is 12.0. The van der Waals surface area contributed by atoms with Crippen LogP contribution in [0.2, 0.25) is 0 Å². The first-order chi connectivity index (χ1) is 7.87. The Bertz CT molecular complexity index is 298. The number of carbonyl (C=O) groups is 1. The zero-order chi connectivity index (χ0) is 12.6. The van der Waals surface area contributed by atoms with Gasteiger partial charge >= 0.3 is 6.09 Å². The first kappa shape index (κ1) is 12.7. The molecule has 0 aromatic carbocycles. The molecular formula is C13H24N2O2. The molecular weight excluding hydrogens is 216 g/mol. The van der Waals surface area contributed by atoms with Crippen molar-refractivity contribution in [3.8, 4) is 0 Å². The highest BCUT2D eigenvalue weighted by atomic mass is 16.6. The Morgan fingerprint density at radius 1 is 1.29 bits per heavy atom. The lowest BCUT2D eigenvalue weighted by atomic mass is 9.87. The summed E-state index contributed by atoms with van der Waals surface area (Å²) in [6.45, 7) is 7.31. The van der Waals surface area contributed by atoms with E-state index in [9.17, 15) is 4.79 Å². The molecule has 3 atom stereocenters. The summed E-state index contributed by atoms with van der Waals surface area (Å²) in [6.07, 6.45) is 3.23. The predicted molar refractivity (Wildman–Crippen MR) is 66.6 cm³/mol. The van der Waals surface area contributed by atoms with E-state index in [0.29, 0.717) is 5.92 Å². The van der Waals surface area contributed by atoms with Crippen molar-refractivity contribution in [2.75, 3.05) is 13.1 Å². The van der Waals surface area contributed by atoms with Crippen LogP contribution in [0, 0.1) is 11.8 Å². The minimum atomic E-state index is -0.411. The molecule has 4 nitrogen and oxygen atoms in total. The minimum Gasteiger partial charge on any atom is -0.444 e. The van der Waals surface area contributed by atoms with Crippen LogP contribution in [-0.4, -0.2) is 35.7 Å². The van der Waals surface area contributed by atoms with Crippen molar-refractivity contribution in [1.29, 1.82) is 0 Å². The fourth-order valence-corrected chi connectivity index (χ4v) is 2.99. The van der Waals surface area contributed by atoms with E-state index < -0.39 is 5.60 Å². The number of fused-ring (bicyclic) bond motifs is 1. The Balaban J connectivity index is 1.93. The maximum Gasteiger partial charge on any atom is 0.410 e. The van der Waals surface area contributed by atoms with Crippen LogP contribution in [0.25, 0.3) is 0 Å². The Hall–Kier alpha value is -0.770. The standard InChI is InChI=1S/C13H24N2O2/c1-13(2,3)17-12(16)15-7-6-9-4-5-11(14)10(9)8-15/h9-11H,4-8,14H2,1-3H3. The quantitative estimate of drug-likeness (QED) is 0.704. The molecule has 2 N–H and O–H groups in total. The highest BCUT2D eigenvalue weighted by molar-refractivity contribution is 5.68. The number of hydrogen-bond donors (Lipinski definition) is 1. The third kappa shape index (κ3) is 2.92. The average Bonchev–Trinajstić information content (AvgIpc) is 2.57. The van der Waals surface area contributed by atoms with Crippen molar-refractivity contribution in [2.45, 2.75) is 51.7 Å². The van der Waals surface area contributed by atoms with Crippen LogP contribution in [0.5, 0.6) is 0 Å². The average molecular weight is 240 g/mol. The number of ether oxygens (including phenoxy) is 1. The fourth-order valence-electron chi connectivity index (χ4n) is 2.99. The first-order valence-corrected chi connectivity index (χ1v) is 6.60. The summed E-state index contributed by atoms with van der Waals surface area (Å²) in [5.41, 5.74) is 5.69. The summed E-state index contributed by atoms with van der Waals surface area (Å²) in [5, 5.41) is 0. The monoisotopic (exact) mass is 240 g/mol. The van der Waals surface area contributed by atoms with Crippen LogP contribution < -0.4 is 5.73 Å². The second-order valence-electron chi connectivity index (χ2n) is 6.38. The van der Waals surface area contributed by atoms with E-state index in [2.05, 4.69) is 0 Å². The van der Waals surface area contributed by atoms with Gasteiger partial charge in [-0.1, -0.05) is 0 Å². The van der Waals surface area contributed by atoms with Crippen molar-refractivity contribution in [1.82, 2.24) is 4.90 Å². The third-order valence-electron chi connectivity index (χ3n) is 3.88.